The van der Waals surface area contributed by atoms with Crippen molar-refractivity contribution in [2.24, 2.45) is 0 Å². The van der Waals surface area contributed by atoms with E-state index in [2.05, 4.69) is 15.9 Å². The Bertz CT molecular complexity index is 426. The summed E-state index contributed by atoms with van der Waals surface area (Å²) in [4.78, 5) is 0. The third-order valence-corrected chi connectivity index (χ3v) is 4.66. The lowest BCUT2D eigenvalue weighted by Crippen LogP contribution is -2.30. The molecule has 1 aliphatic carbocycles. The molecule has 5 heteroatoms. The van der Waals surface area contributed by atoms with E-state index < -0.39 is 6.10 Å². The fourth-order valence-corrected chi connectivity index (χ4v) is 2.99. The van der Waals surface area contributed by atoms with Gasteiger partial charge in [-0.1, -0.05) is 36.0 Å². The molecular weight excluding hydrogens is 339 g/mol. The molecule has 0 aliphatic heterocycles. The van der Waals surface area contributed by atoms with E-state index in [4.69, 9.17) is 27.9 Å². The number of hydrogen-bond acceptors (Lipinski definition) is 2. The molecule has 1 aliphatic rings. The number of rotatable bonds is 2. The van der Waals surface area contributed by atoms with E-state index in [1.54, 1.807) is 12.1 Å². The van der Waals surface area contributed by atoms with E-state index in [1.807, 2.05) is 0 Å². The molecule has 0 bridgehead atoms. The highest BCUT2D eigenvalue weighted by molar-refractivity contribution is 9.10. The number of aliphatic hydroxyl groups excluding tert-OH is 1. The van der Waals surface area contributed by atoms with Crippen LogP contribution in [0.4, 0.5) is 0 Å². The van der Waals surface area contributed by atoms with Crippen molar-refractivity contribution in [1.29, 1.82) is 0 Å². The topological polar surface area (TPSA) is 29.5 Å². The summed E-state index contributed by atoms with van der Waals surface area (Å²) in [5.74, 6) is 0.538. The fraction of sp³-hybridized carbons (Fsp3) is 0.538. The average molecular weight is 354 g/mol. The Kier molecular flexibility index (Phi) is 5.19. The molecule has 1 aromatic rings. The average Bonchev–Trinajstić information content (AvgIpc) is 2.52. The lowest BCUT2D eigenvalue weighted by Gasteiger charge is -2.22. The zero-order chi connectivity index (χ0) is 13.1. The molecule has 0 spiro atoms. The molecule has 2 rings (SSSR count). The van der Waals surface area contributed by atoms with E-state index >= 15 is 0 Å². The van der Waals surface area contributed by atoms with Crippen LogP contribution in [0.5, 0.6) is 5.75 Å². The maximum Gasteiger partial charge on any atom is 0.140 e. The van der Waals surface area contributed by atoms with Gasteiger partial charge in [-0.3, -0.25) is 0 Å². The third-order valence-electron chi connectivity index (χ3n) is 3.17. The van der Waals surface area contributed by atoms with Crippen LogP contribution < -0.4 is 4.74 Å². The summed E-state index contributed by atoms with van der Waals surface area (Å²) in [7, 11) is 0. The number of ether oxygens (including phenoxy) is 1. The zero-order valence-corrected chi connectivity index (χ0v) is 12.9. The van der Waals surface area contributed by atoms with Crippen LogP contribution in [-0.2, 0) is 0 Å². The second-order valence-corrected chi connectivity index (χ2v) is 6.23. The smallest absolute Gasteiger partial charge is 0.140 e. The first-order valence-corrected chi connectivity index (χ1v) is 7.62. The van der Waals surface area contributed by atoms with Gasteiger partial charge in [-0.15, -0.1) is 0 Å². The van der Waals surface area contributed by atoms with Gasteiger partial charge in [0.05, 0.1) is 16.1 Å². The van der Waals surface area contributed by atoms with Gasteiger partial charge in [0.25, 0.3) is 0 Å². The highest BCUT2D eigenvalue weighted by atomic mass is 79.9. The minimum absolute atomic E-state index is 0.192. The largest absolute Gasteiger partial charge is 0.486 e. The molecule has 0 radical (unpaired) electrons. The predicted octanol–water partition coefficient (Wildman–Crippen LogP) is 4.83. The molecule has 0 aromatic heterocycles. The maximum absolute atomic E-state index is 10.0. The lowest BCUT2D eigenvalue weighted by atomic mass is 10.1. The highest BCUT2D eigenvalue weighted by Crippen LogP contribution is 2.35. The first kappa shape index (κ1) is 14.4. The monoisotopic (exact) mass is 352 g/mol. The van der Waals surface area contributed by atoms with Gasteiger partial charge in [-0.2, -0.15) is 0 Å². The van der Waals surface area contributed by atoms with Crippen LogP contribution in [0.25, 0.3) is 0 Å². The zero-order valence-electron chi connectivity index (χ0n) is 9.83. The molecule has 2 atom stereocenters. The first-order chi connectivity index (χ1) is 8.58. The van der Waals surface area contributed by atoms with Crippen LogP contribution in [0, 0.1) is 0 Å². The predicted molar refractivity (Wildman–Crippen MR) is 77.7 cm³/mol. The standard InChI is InChI=1S/C13H15BrCl2O2/c14-8-6-10(16)13(7-9(8)15)18-12-5-3-1-2-4-11(12)17/h6-7,11-12,17H,1-5H2. The summed E-state index contributed by atoms with van der Waals surface area (Å²) in [5.41, 5.74) is 0. The fourth-order valence-electron chi connectivity index (χ4n) is 2.15. The van der Waals surface area contributed by atoms with E-state index in [9.17, 15) is 5.11 Å². The van der Waals surface area contributed by atoms with Gasteiger partial charge in [-0.25, -0.2) is 0 Å². The van der Waals surface area contributed by atoms with Crippen LogP contribution >= 0.6 is 39.1 Å². The number of aliphatic hydroxyl groups is 1. The van der Waals surface area contributed by atoms with Crippen LogP contribution in [0.1, 0.15) is 32.1 Å². The second kappa shape index (κ2) is 6.47. The maximum atomic E-state index is 10.0. The van der Waals surface area contributed by atoms with Crippen molar-refractivity contribution in [2.45, 2.75) is 44.3 Å². The van der Waals surface area contributed by atoms with E-state index in [0.29, 0.717) is 15.8 Å². The minimum atomic E-state index is -0.425. The van der Waals surface area contributed by atoms with E-state index in [-0.39, 0.29) is 6.10 Å². The van der Waals surface area contributed by atoms with Crippen molar-refractivity contribution in [3.05, 3.63) is 26.7 Å². The molecule has 0 heterocycles. The molecule has 2 unspecified atom stereocenters. The Balaban J connectivity index is 2.14. The van der Waals surface area contributed by atoms with E-state index in [0.717, 1.165) is 36.6 Å². The van der Waals surface area contributed by atoms with Crippen molar-refractivity contribution in [2.75, 3.05) is 0 Å². The SMILES string of the molecule is OC1CCCCCC1Oc1cc(Cl)c(Br)cc1Cl. The van der Waals surface area contributed by atoms with Crippen LogP contribution in [0.3, 0.4) is 0 Å². The lowest BCUT2D eigenvalue weighted by molar-refractivity contribution is 0.0320. The van der Waals surface area contributed by atoms with Crippen LogP contribution in [-0.4, -0.2) is 17.3 Å². The normalized spacial score (nSPS) is 24.7. The number of halogens is 3. The minimum Gasteiger partial charge on any atom is -0.486 e. The van der Waals surface area contributed by atoms with Gasteiger partial charge in [0.1, 0.15) is 11.9 Å². The summed E-state index contributed by atoms with van der Waals surface area (Å²) < 4.78 is 6.57. The Morgan fingerprint density at radius 2 is 1.83 bits per heavy atom. The van der Waals surface area contributed by atoms with Crippen molar-refractivity contribution in [3.63, 3.8) is 0 Å². The van der Waals surface area contributed by atoms with E-state index in [1.165, 1.54) is 0 Å². The Hall–Kier alpha value is 0.0400. The Labute approximate surface area is 125 Å². The third kappa shape index (κ3) is 3.53. The molecular formula is C13H15BrCl2O2. The molecule has 1 N–H and O–H groups in total. The molecule has 0 amide bonds. The molecule has 18 heavy (non-hydrogen) atoms. The van der Waals surface area contributed by atoms with Crippen molar-refractivity contribution < 1.29 is 9.84 Å². The summed E-state index contributed by atoms with van der Waals surface area (Å²) in [6.07, 6.45) is 4.29. The van der Waals surface area contributed by atoms with Gasteiger partial charge in [0.2, 0.25) is 0 Å². The highest BCUT2D eigenvalue weighted by Gasteiger charge is 2.24. The molecule has 1 saturated carbocycles. The number of benzene rings is 1. The molecule has 1 aromatic carbocycles. The molecule has 100 valence electrons. The first-order valence-electron chi connectivity index (χ1n) is 6.07. The van der Waals surface area contributed by atoms with Gasteiger partial charge >= 0.3 is 0 Å². The Morgan fingerprint density at radius 3 is 2.61 bits per heavy atom. The van der Waals surface area contributed by atoms with Crippen LogP contribution in [0.2, 0.25) is 10.0 Å². The van der Waals surface area contributed by atoms with Crippen LogP contribution in [0.15, 0.2) is 16.6 Å². The molecule has 0 saturated heterocycles. The summed E-state index contributed by atoms with van der Waals surface area (Å²) in [6.45, 7) is 0. The summed E-state index contributed by atoms with van der Waals surface area (Å²) >= 11 is 15.4. The number of hydrogen-bond donors (Lipinski definition) is 1. The summed E-state index contributed by atoms with van der Waals surface area (Å²) in [5, 5.41) is 11.1. The molecule has 1 fully saturated rings. The Morgan fingerprint density at radius 1 is 1.11 bits per heavy atom. The van der Waals surface area contributed by atoms with Gasteiger partial charge in [0.15, 0.2) is 0 Å². The van der Waals surface area contributed by atoms with Crippen molar-refractivity contribution in [3.8, 4) is 5.75 Å². The quantitative estimate of drug-likeness (QED) is 0.609. The van der Waals surface area contributed by atoms with Crippen molar-refractivity contribution >= 4 is 39.1 Å². The van der Waals surface area contributed by atoms with Gasteiger partial charge < -0.3 is 9.84 Å². The van der Waals surface area contributed by atoms with Crippen molar-refractivity contribution in [1.82, 2.24) is 0 Å². The molecule has 2 nitrogen and oxygen atoms in total. The van der Waals surface area contributed by atoms with Gasteiger partial charge in [-0.05, 0) is 41.3 Å². The second-order valence-electron chi connectivity index (χ2n) is 4.56. The summed E-state index contributed by atoms with van der Waals surface area (Å²) in [6, 6.07) is 3.40. The van der Waals surface area contributed by atoms with Gasteiger partial charge in [0, 0.05) is 10.5 Å².